The maximum atomic E-state index is 13.0. The van der Waals surface area contributed by atoms with Crippen LogP contribution in [0.15, 0.2) is 0 Å². The molecule has 9 amide bonds. The zero-order chi connectivity index (χ0) is 53.9. The number of carbonyl (C=O) groups is 10. The summed E-state index contributed by atoms with van der Waals surface area (Å²) in [6.07, 6.45) is 1.86. The number of nitrogens with two attached hydrogens (primary N) is 1. The number of aliphatic hydroxyl groups excluding tert-OH is 2. The van der Waals surface area contributed by atoms with Gasteiger partial charge in [-0.2, -0.15) is 11.8 Å². The summed E-state index contributed by atoms with van der Waals surface area (Å²) < 4.78 is 16.5. The Labute approximate surface area is 430 Å². The number of aliphatic hydroxyl groups is 2. The van der Waals surface area contributed by atoms with Crippen molar-refractivity contribution in [2.24, 2.45) is 5.73 Å². The predicted molar refractivity (Wildman–Crippen MR) is 264 cm³/mol. The molecule has 11 atom stereocenters. The van der Waals surface area contributed by atoms with Gasteiger partial charge in [0.15, 0.2) is 6.29 Å². The van der Waals surface area contributed by atoms with Gasteiger partial charge in [-0.3, -0.25) is 43.2 Å². The molecule has 0 aromatic carbocycles. The molecule has 25 nitrogen and oxygen atoms in total. The summed E-state index contributed by atoms with van der Waals surface area (Å²) in [5.74, 6) is -4.29. The summed E-state index contributed by atoms with van der Waals surface area (Å²) in [7, 11) is 0. The molecular weight excluding hydrogens is 979 g/mol. The molecule has 3 fully saturated rings. The molecule has 0 saturated carbocycles. The number of aliphatic carboxylic acids is 1. The van der Waals surface area contributed by atoms with E-state index in [9.17, 15) is 58.2 Å². The van der Waals surface area contributed by atoms with Crippen molar-refractivity contribution in [1.29, 1.82) is 0 Å². The molecule has 3 aliphatic heterocycles. The fourth-order valence-corrected chi connectivity index (χ4v) is 9.92. The van der Waals surface area contributed by atoms with Crippen LogP contribution in [0, 0.1) is 0 Å². The zero-order valence-corrected chi connectivity index (χ0v) is 43.1. The van der Waals surface area contributed by atoms with Crippen LogP contribution in [0.25, 0.3) is 0 Å². The van der Waals surface area contributed by atoms with E-state index in [1.165, 1.54) is 13.8 Å². The number of carboxylic acids is 1. The lowest BCUT2D eigenvalue weighted by Gasteiger charge is -2.43. The molecule has 0 radical (unpaired) electrons. The second-order valence-corrected chi connectivity index (χ2v) is 20.0. The van der Waals surface area contributed by atoms with Gasteiger partial charge < -0.3 is 77.8 Å². The first-order valence-electron chi connectivity index (χ1n) is 25.5. The Morgan fingerprint density at radius 3 is 1.86 bits per heavy atom. The van der Waals surface area contributed by atoms with Crippen LogP contribution in [-0.2, 0) is 57.4 Å². The summed E-state index contributed by atoms with van der Waals surface area (Å²) >= 11 is 1.88. The number of primary amides is 1. The van der Waals surface area contributed by atoms with Crippen LogP contribution in [0.2, 0.25) is 0 Å². The lowest BCUT2D eigenvalue weighted by atomic mass is 9.96. The highest BCUT2D eigenvalue weighted by Gasteiger charge is 2.48. The third-order valence-corrected chi connectivity index (χ3v) is 14.0. The largest absolute Gasteiger partial charge is 0.481 e. The van der Waals surface area contributed by atoms with Gasteiger partial charge in [0.25, 0.3) is 0 Å². The number of hydrogen-bond donors (Lipinski definition) is 12. The van der Waals surface area contributed by atoms with Crippen molar-refractivity contribution in [2.45, 2.75) is 203 Å². The van der Waals surface area contributed by atoms with Gasteiger partial charge in [0.2, 0.25) is 41.4 Å². The highest BCUT2D eigenvalue weighted by atomic mass is 32.2. The summed E-state index contributed by atoms with van der Waals surface area (Å²) in [6, 6.07) is -3.63. The van der Waals surface area contributed by atoms with Crippen LogP contribution >= 0.6 is 11.8 Å². The molecule has 3 saturated heterocycles. The molecule has 13 N–H and O–H groups in total. The monoisotopic (exact) mass is 1060 g/mol. The summed E-state index contributed by atoms with van der Waals surface area (Å²) in [6.45, 7) is 4.73. The summed E-state index contributed by atoms with van der Waals surface area (Å²) in [5.41, 5.74) is 5.26. The van der Waals surface area contributed by atoms with E-state index in [1.807, 2.05) is 11.8 Å². The van der Waals surface area contributed by atoms with Crippen LogP contribution < -0.4 is 48.3 Å². The van der Waals surface area contributed by atoms with E-state index in [1.54, 1.807) is 0 Å². The number of fused-ring (bicyclic) bond motifs is 1. The number of rotatable bonds is 36. The fraction of sp³-hybridized carbons (Fsp3) is 0.787. The maximum absolute atomic E-state index is 13.0. The third-order valence-electron chi connectivity index (χ3n) is 12.5. The highest BCUT2D eigenvalue weighted by Crippen LogP contribution is 2.33. The van der Waals surface area contributed by atoms with E-state index in [2.05, 4.69) is 42.5 Å². The lowest BCUT2D eigenvalue weighted by molar-refractivity contribution is -0.267. The number of amides is 9. The second-order valence-electron chi connectivity index (χ2n) is 18.7. The number of thioether (sulfide) groups is 1. The lowest BCUT2D eigenvalue weighted by Crippen LogP contribution is -2.66. The van der Waals surface area contributed by atoms with Gasteiger partial charge in [0.1, 0.15) is 49.1 Å². The zero-order valence-electron chi connectivity index (χ0n) is 42.2. The standard InChI is InChI=1S/C47H79N9O16S/c1-27(44(66)54-30(43(48)65)20-21-37(61)62)52-45(67)28(2)71-42-40(53-29(3)57)46(68)72-32(41(42)64)25-70-38(63)19-9-6-14-24-50-35(59)17-7-4-12-22-49-34(58)16-8-5-13-23-51-36(60)18-11-10-15-33-39-31(26-73-33)55-47(69)56-39/h27-28,30-33,39-42,46,64,68H,4-26H2,1-3H3,(H2,48,65)(H,49,58)(H,50,59)(H,51,60)(H,52,67)(H,53,57)(H,54,66)(H,61,62)(H2,55,56,69)/t27-,28+,30+,31-,32+,33-,39-,40+,41+,42+,46?/m0/s1. The van der Waals surface area contributed by atoms with Crippen LogP contribution in [0.5, 0.6) is 0 Å². The highest BCUT2D eigenvalue weighted by molar-refractivity contribution is 8.00. The van der Waals surface area contributed by atoms with Crippen molar-refractivity contribution in [2.75, 3.05) is 32.0 Å². The van der Waals surface area contributed by atoms with Crippen LogP contribution in [0.1, 0.15) is 136 Å². The minimum Gasteiger partial charge on any atom is -0.481 e. The van der Waals surface area contributed by atoms with Gasteiger partial charge in [-0.15, -0.1) is 0 Å². The topological polar surface area (TPSA) is 381 Å². The van der Waals surface area contributed by atoms with Crippen LogP contribution in [0.4, 0.5) is 4.79 Å². The van der Waals surface area contributed by atoms with E-state index in [-0.39, 0.29) is 48.7 Å². The van der Waals surface area contributed by atoms with Crippen molar-refractivity contribution in [1.82, 2.24) is 42.5 Å². The Kier molecular flexibility index (Phi) is 28.4. The summed E-state index contributed by atoms with van der Waals surface area (Å²) in [4.78, 5) is 121. The van der Waals surface area contributed by atoms with E-state index >= 15 is 0 Å². The van der Waals surface area contributed by atoms with Crippen molar-refractivity contribution in [3.05, 3.63) is 0 Å². The molecule has 0 aromatic rings. The maximum Gasteiger partial charge on any atom is 0.315 e. The Morgan fingerprint density at radius 2 is 1.32 bits per heavy atom. The number of carbonyl (C=O) groups excluding carboxylic acids is 9. The molecule has 0 aliphatic carbocycles. The number of unbranched alkanes of at least 4 members (excludes halogenated alkanes) is 7. The van der Waals surface area contributed by atoms with Gasteiger partial charge in [-0.25, -0.2) is 4.79 Å². The van der Waals surface area contributed by atoms with Gasteiger partial charge in [0, 0.05) is 69.7 Å². The number of urea groups is 1. The molecule has 3 aliphatic rings. The van der Waals surface area contributed by atoms with Crippen molar-refractivity contribution >= 4 is 71.1 Å². The minimum absolute atomic E-state index is 0.0119. The number of carboxylic acid groups (broad SMARTS) is 1. The number of ether oxygens (including phenoxy) is 3. The first-order chi connectivity index (χ1) is 34.7. The molecular formula is C47H79N9O16S. The average Bonchev–Trinajstić information content (AvgIpc) is 3.89. The van der Waals surface area contributed by atoms with E-state index in [0.717, 1.165) is 64.0 Å². The first-order valence-corrected chi connectivity index (χ1v) is 26.5. The van der Waals surface area contributed by atoms with Gasteiger partial charge >= 0.3 is 18.0 Å². The molecule has 0 bridgehead atoms. The average molecular weight is 1060 g/mol. The molecule has 26 heteroatoms. The molecule has 0 spiro atoms. The predicted octanol–water partition coefficient (Wildman–Crippen LogP) is -1.02. The Bertz CT molecular complexity index is 1850. The summed E-state index contributed by atoms with van der Waals surface area (Å²) in [5, 5.41) is 52.9. The van der Waals surface area contributed by atoms with Crippen molar-refractivity contribution in [3.63, 3.8) is 0 Å². The molecule has 3 heterocycles. The Hall–Kier alpha value is -5.31. The first kappa shape index (κ1) is 62.0. The molecule has 1 unspecified atom stereocenters. The third kappa shape index (κ3) is 24.1. The smallest absolute Gasteiger partial charge is 0.315 e. The van der Waals surface area contributed by atoms with E-state index in [4.69, 9.17) is 25.1 Å². The number of esters is 1. The SMILES string of the molecule is CC(=O)N[C@H]1C(O)O[C@H](COC(=O)CCCCCNC(=O)CCCCCNC(=O)CCCCCNC(=O)CCCC[C@@H]2SC[C@@H]3NC(=O)N[C@@H]32)[C@@H](O)[C@@H]1O[C@H](C)C(=O)N[C@@H](C)C(=O)N[C@H](CCC(=O)O)C(N)=O. The second kappa shape index (κ2) is 33.5. The fourth-order valence-electron chi connectivity index (χ4n) is 8.38. The quantitative estimate of drug-likeness (QED) is 0.0203. The van der Waals surface area contributed by atoms with Gasteiger partial charge in [-0.1, -0.05) is 25.7 Å². The van der Waals surface area contributed by atoms with Crippen LogP contribution in [0.3, 0.4) is 0 Å². The Balaban J connectivity index is 1.19. The van der Waals surface area contributed by atoms with Crippen LogP contribution in [-0.4, -0.2) is 173 Å². The van der Waals surface area contributed by atoms with Gasteiger partial charge in [-0.05, 0) is 71.6 Å². The molecule has 73 heavy (non-hydrogen) atoms. The minimum atomic E-state index is -1.76. The van der Waals surface area contributed by atoms with Crippen molar-refractivity contribution < 1.29 is 77.5 Å². The van der Waals surface area contributed by atoms with E-state index in [0.29, 0.717) is 69.8 Å². The Morgan fingerprint density at radius 1 is 0.753 bits per heavy atom. The number of nitrogens with one attached hydrogen (secondary N) is 8. The molecule has 414 valence electrons. The van der Waals surface area contributed by atoms with Crippen molar-refractivity contribution in [3.8, 4) is 0 Å². The molecule has 3 rings (SSSR count). The normalized spacial score (nSPS) is 23.3. The molecule has 0 aromatic heterocycles. The number of hydrogen-bond acceptors (Lipinski definition) is 16. The van der Waals surface area contributed by atoms with Gasteiger partial charge in [0.05, 0.1) is 12.1 Å². The van der Waals surface area contributed by atoms with E-state index < -0.39 is 97.4 Å².